The monoisotopic (exact) mass is 425 g/mol. The van der Waals surface area contributed by atoms with Crippen molar-refractivity contribution in [1.82, 2.24) is 9.38 Å². The number of rotatable bonds is 3. The number of nitrogens with zero attached hydrogens (tertiary/aromatic N) is 2. The number of halogens is 3. The Balaban J connectivity index is 2.09. The summed E-state index contributed by atoms with van der Waals surface area (Å²) in [5.74, 6) is -0.254. The fourth-order valence-electron chi connectivity index (χ4n) is 2.58. The van der Waals surface area contributed by atoms with Gasteiger partial charge in [0.1, 0.15) is 5.69 Å². The Morgan fingerprint density at radius 1 is 1.25 bits per heavy atom. The van der Waals surface area contributed by atoms with Crippen molar-refractivity contribution in [3.05, 3.63) is 61.9 Å². The van der Waals surface area contributed by atoms with Crippen LogP contribution >= 0.6 is 39.1 Å². The van der Waals surface area contributed by atoms with Crippen LogP contribution in [0.25, 0.3) is 5.65 Å². The predicted molar refractivity (Wildman–Crippen MR) is 101 cm³/mol. The number of nitrogens with one attached hydrogen (secondary N) is 1. The molecule has 4 nitrogen and oxygen atoms in total. The van der Waals surface area contributed by atoms with Gasteiger partial charge in [-0.25, -0.2) is 4.98 Å². The van der Waals surface area contributed by atoms with Crippen LogP contribution in [0.1, 0.15) is 28.7 Å². The van der Waals surface area contributed by atoms with E-state index in [0.29, 0.717) is 33.5 Å². The summed E-state index contributed by atoms with van der Waals surface area (Å²) in [7, 11) is 0. The van der Waals surface area contributed by atoms with Crippen molar-refractivity contribution in [2.24, 2.45) is 0 Å². The number of carbonyl (C=O) groups is 1. The molecule has 0 aliphatic carbocycles. The topological polar surface area (TPSA) is 46.4 Å². The smallest absolute Gasteiger partial charge is 0.274 e. The lowest BCUT2D eigenvalue weighted by molar-refractivity contribution is 0.102. The van der Waals surface area contributed by atoms with Gasteiger partial charge in [0.15, 0.2) is 5.65 Å². The Morgan fingerprint density at radius 3 is 2.54 bits per heavy atom. The summed E-state index contributed by atoms with van der Waals surface area (Å²) >= 11 is 15.5. The molecule has 3 aromatic rings. The number of carbonyl (C=O) groups excluding carboxylic acids is 1. The van der Waals surface area contributed by atoms with Gasteiger partial charge in [-0.2, -0.15) is 0 Å². The van der Waals surface area contributed by atoms with Crippen molar-refractivity contribution >= 4 is 56.4 Å². The Bertz CT molecular complexity index is 932. The summed E-state index contributed by atoms with van der Waals surface area (Å²) in [6.07, 6.45) is 2.54. The number of fused-ring (bicyclic) bond motifs is 1. The molecule has 0 atom stereocenters. The van der Waals surface area contributed by atoms with Crippen LogP contribution in [0.4, 0.5) is 5.69 Å². The van der Waals surface area contributed by atoms with Crippen LogP contribution in [-0.2, 0) is 6.42 Å². The van der Waals surface area contributed by atoms with E-state index in [9.17, 15) is 4.79 Å². The number of aryl methyl sites for hydroxylation is 2. The fraction of sp³-hybridized carbons (Fsp3) is 0.176. The normalized spacial score (nSPS) is 11.0. The highest BCUT2D eigenvalue weighted by atomic mass is 79.9. The van der Waals surface area contributed by atoms with E-state index in [1.807, 2.05) is 26.1 Å². The Hall–Kier alpha value is -1.56. The molecule has 2 heterocycles. The highest BCUT2D eigenvalue weighted by Crippen LogP contribution is 2.26. The van der Waals surface area contributed by atoms with Crippen molar-refractivity contribution in [2.75, 3.05) is 5.32 Å². The van der Waals surface area contributed by atoms with Crippen LogP contribution in [0, 0.1) is 6.92 Å². The molecule has 2 aromatic heterocycles. The number of anilines is 1. The molecule has 0 aliphatic heterocycles. The molecule has 0 saturated heterocycles. The van der Waals surface area contributed by atoms with Crippen molar-refractivity contribution in [2.45, 2.75) is 20.3 Å². The first-order valence-corrected chi connectivity index (χ1v) is 8.88. The summed E-state index contributed by atoms with van der Waals surface area (Å²) in [5, 5.41) is 3.77. The fourth-order valence-corrected chi connectivity index (χ4v) is 3.75. The maximum Gasteiger partial charge on any atom is 0.274 e. The standard InChI is InChI=1S/C17H14BrCl2N3O/c1-3-14-15(23-8-9(2)4-13(18)16(23)22-14)17(24)21-12-6-10(19)5-11(20)7-12/h4-8H,3H2,1-2H3,(H,21,24). The number of benzene rings is 1. The molecule has 0 radical (unpaired) electrons. The number of pyridine rings is 1. The lowest BCUT2D eigenvalue weighted by Crippen LogP contribution is -2.16. The summed E-state index contributed by atoms with van der Waals surface area (Å²) in [6, 6.07) is 6.90. The maximum atomic E-state index is 12.8. The highest BCUT2D eigenvalue weighted by molar-refractivity contribution is 9.10. The lowest BCUT2D eigenvalue weighted by Gasteiger charge is -2.08. The van der Waals surface area contributed by atoms with Gasteiger partial charge in [-0.05, 0) is 59.1 Å². The van der Waals surface area contributed by atoms with E-state index < -0.39 is 0 Å². The lowest BCUT2D eigenvalue weighted by atomic mass is 10.2. The van der Waals surface area contributed by atoms with Crippen LogP contribution in [0.3, 0.4) is 0 Å². The summed E-state index contributed by atoms with van der Waals surface area (Å²) in [6.45, 7) is 3.93. The Morgan fingerprint density at radius 2 is 1.92 bits per heavy atom. The second-order valence-electron chi connectivity index (χ2n) is 5.43. The first kappa shape index (κ1) is 17.3. The largest absolute Gasteiger partial charge is 0.321 e. The third-order valence-electron chi connectivity index (χ3n) is 3.55. The zero-order valence-electron chi connectivity index (χ0n) is 13.0. The second kappa shape index (κ2) is 6.75. The van der Waals surface area contributed by atoms with Gasteiger partial charge >= 0.3 is 0 Å². The van der Waals surface area contributed by atoms with E-state index in [1.54, 1.807) is 22.6 Å². The molecule has 0 spiro atoms. The molecule has 7 heteroatoms. The third-order valence-corrected chi connectivity index (χ3v) is 4.57. The highest BCUT2D eigenvalue weighted by Gasteiger charge is 2.20. The molecule has 0 aliphatic rings. The molecule has 1 N–H and O–H groups in total. The van der Waals surface area contributed by atoms with Gasteiger partial charge < -0.3 is 5.32 Å². The van der Waals surface area contributed by atoms with Crippen molar-refractivity contribution in [3.8, 4) is 0 Å². The Labute approximate surface area is 157 Å². The number of hydrogen-bond acceptors (Lipinski definition) is 2. The van der Waals surface area contributed by atoms with Gasteiger partial charge in [0.05, 0.1) is 10.2 Å². The average molecular weight is 427 g/mol. The van der Waals surface area contributed by atoms with E-state index in [4.69, 9.17) is 23.2 Å². The van der Waals surface area contributed by atoms with Gasteiger partial charge in [-0.15, -0.1) is 0 Å². The minimum atomic E-state index is -0.254. The predicted octanol–water partition coefficient (Wildman–Crippen LogP) is 5.53. The minimum Gasteiger partial charge on any atom is -0.321 e. The maximum absolute atomic E-state index is 12.8. The molecule has 0 fully saturated rings. The second-order valence-corrected chi connectivity index (χ2v) is 7.16. The third kappa shape index (κ3) is 3.29. The SMILES string of the molecule is CCc1nc2c(Br)cc(C)cn2c1C(=O)Nc1cc(Cl)cc(Cl)c1. The summed E-state index contributed by atoms with van der Waals surface area (Å²) in [4.78, 5) is 17.4. The molecule has 24 heavy (non-hydrogen) atoms. The molecule has 1 amide bonds. The van der Waals surface area contributed by atoms with Crippen LogP contribution in [0.2, 0.25) is 10.0 Å². The number of hydrogen-bond donors (Lipinski definition) is 1. The van der Waals surface area contributed by atoms with E-state index >= 15 is 0 Å². The summed E-state index contributed by atoms with van der Waals surface area (Å²) in [5.41, 5.74) is 3.52. The molecular weight excluding hydrogens is 413 g/mol. The zero-order valence-corrected chi connectivity index (χ0v) is 16.1. The van der Waals surface area contributed by atoms with Crippen LogP contribution in [-0.4, -0.2) is 15.3 Å². The quantitative estimate of drug-likeness (QED) is 0.598. The molecule has 3 rings (SSSR count). The molecule has 0 bridgehead atoms. The van der Waals surface area contributed by atoms with Crippen molar-refractivity contribution in [3.63, 3.8) is 0 Å². The van der Waals surface area contributed by atoms with Gasteiger partial charge in [0.2, 0.25) is 0 Å². The van der Waals surface area contributed by atoms with E-state index in [0.717, 1.165) is 15.7 Å². The molecular formula is C17H14BrCl2N3O. The average Bonchev–Trinajstić information content (AvgIpc) is 2.84. The van der Waals surface area contributed by atoms with Gasteiger partial charge in [0.25, 0.3) is 5.91 Å². The van der Waals surface area contributed by atoms with Crippen LogP contribution in [0.15, 0.2) is 34.9 Å². The molecule has 124 valence electrons. The van der Waals surface area contributed by atoms with Crippen LogP contribution in [0.5, 0.6) is 0 Å². The Kier molecular flexibility index (Phi) is 4.85. The summed E-state index contributed by atoms with van der Waals surface area (Å²) < 4.78 is 2.65. The molecule has 0 unspecified atom stereocenters. The molecule has 0 saturated carbocycles. The van der Waals surface area contributed by atoms with Gasteiger partial charge in [-0.1, -0.05) is 30.1 Å². The minimum absolute atomic E-state index is 0.254. The van der Waals surface area contributed by atoms with E-state index in [-0.39, 0.29) is 5.91 Å². The van der Waals surface area contributed by atoms with Crippen molar-refractivity contribution < 1.29 is 4.79 Å². The van der Waals surface area contributed by atoms with Gasteiger partial charge in [0, 0.05) is 21.9 Å². The first-order valence-electron chi connectivity index (χ1n) is 7.33. The van der Waals surface area contributed by atoms with Gasteiger partial charge in [-0.3, -0.25) is 9.20 Å². The first-order chi connectivity index (χ1) is 11.4. The van der Waals surface area contributed by atoms with E-state index in [2.05, 4.69) is 26.2 Å². The zero-order chi connectivity index (χ0) is 17.4. The van der Waals surface area contributed by atoms with Crippen LogP contribution < -0.4 is 5.32 Å². The number of aromatic nitrogens is 2. The number of amides is 1. The molecule has 1 aromatic carbocycles. The van der Waals surface area contributed by atoms with E-state index in [1.165, 1.54) is 0 Å². The van der Waals surface area contributed by atoms with Crippen molar-refractivity contribution in [1.29, 1.82) is 0 Å². The number of imidazole rings is 1.